The first-order chi connectivity index (χ1) is 15.6. The minimum atomic E-state index is -4.66. The third kappa shape index (κ3) is 6.26. The number of nitro groups is 1. The van der Waals surface area contributed by atoms with Gasteiger partial charge in [-0.05, 0) is 18.1 Å². The predicted octanol–water partition coefficient (Wildman–Crippen LogP) is 2.80. The molecule has 2 aliphatic heterocycles. The van der Waals surface area contributed by atoms with Gasteiger partial charge in [-0.2, -0.15) is 13.2 Å². The van der Waals surface area contributed by atoms with Crippen LogP contribution in [0.1, 0.15) is 19.4 Å². The van der Waals surface area contributed by atoms with E-state index in [-0.39, 0.29) is 30.8 Å². The van der Waals surface area contributed by atoms with E-state index in [1.165, 1.54) is 0 Å². The number of hydrogen-bond donors (Lipinski definition) is 1. The lowest BCUT2D eigenvalue weighted by Gasteiger charge is -2.38. The molecule has 1 unspecified atom stereocenters. The molecule has 184 valence electrons. The molecule has 2 fully saturated rings. The summed E-state index contributed by atoms with van der Waals surface area (Å²) in [6.45, 7) is 8.93. The highest BCUT2D eigenvalue weighted by Gasteiger charge is 2.34. The summed E-state index contributed by atoms with van der Waals surface area (Å²) >= 11 is 0. The van der Waals surface area contributed by atoms with Crippen molar-refractivity contribution in [1.82, 2.24) is 15.1 Å². The zero-order valence-electron chi connectivity index (χ0n) is 18.8. The zero-order chi connectivity index (χ0) is 24.2. The molecule has 0 aliphatic carbocycles. The summed E-state index contributed by atoms with van der Waals surface area (Å²) in [5.41, 5.74) is -1.52. The van der Waals surface area contributed by atoms with E-state index in [1.54, 1.807) is 9.80 Å². The van der Waals surface area contributed by atoms with E-state index in [2.05, 4.69) is 24.1 Å². The summed E-state index contributed by atoms with van der Waals surface area (Å²) < 4.78 is 44.2. The van der Waals surface area contributed by atoms with Gasteiger partial charge in [0.1, 0.15) is 5.69 Å². The average molecular weight is 473 g/mol. The number of anilines is 1. The summed E-state index contributed by atoms with van der Waals surface area (Å²) in [6, 6.07) is 2.52. The van der Waals surface area contributed by atoms with Crippen LogP contribution in [0.25, 0.3) is 0 Å². The fourth-order valence-corrected chi connectivity index (χ4v) is 4.26. The van der Waals surface area contributed by atoms with E-state index in [9.17, 15) is 28.1 Å². The van der Waals surface area contributed by atoms with Crippen LogP contribution in [0, 0.1) is 16.0 Å². The van der Waals surface area contributed by atoms with Crippen LogP contribution in [-0.4, -0.2) is 85.8 Å². The van der Waals surface area contributed by atoms with Crippen LogP contribution in [0.5, 0.6) is 0 Å². The smallest absolute Gasteiger partial charge is 0.379 e. The monoisotopic (exact) mass is 473 g/mol. The first-order valence-corrected chi connectivity index (χ1v) is 11.0. The van der Waals surface area contributed by atoms with E-state index in [4.69, 9.17) is 4.74 Å². The Morgan fingerprint density at radius 3 is 2.33 bits per heavy atom. The molecule has 2 amide bonds. The van der Waals surface area contributed by atoms with Crippen molar-refractivity contribution < 1.29 is 27.6 Å². The first-order valence-electron chi connectivity index (χ1n) is 11.0. The van der Waals surface area contributed by atoms with Crippen molar-refractivity contribution in [1.29, 1.82) is 0 Å². The number of nitrogens with zero attached hydrogens (tertiary/aromatic N) is 4. The molecule has 0 radical (unpaired) electrons. The van der Waals surface area contributed by atoms with Crippen molar-refractivity contribution in [3.8, 4) is 0 Å². The molecule has 1 aromatic rings. The second kappa shape index (κ2) is 10.6. The highest BCUT2D eigenvalue weighted by molar-refractivity contribution is 5.75. The lowest BCUT2D eigenvalue weighted by Crippen LogP contribution is -2.55. The van der Waals surface area contributed by atoms with Gasteiger partial charge in [-0.25, -0.2) is 4.79 Å². The molecular weight excluding hydrogens is 443 g/mol. The molecule has 2 aliphatic rings. The quantitative estimate of drug-likeness (QED) is 0.505. The molecule has 2 heterocycles. The van der Waals surface area contributed by atoms with Gasteiger partial charge < -0.3 is 19.9 Å². The van der Waals surface area contributed by atoms with E-state index in [0.29, 0.717) is 44.8 Å². The maximum absolute atomic E-state index is 12.9. The van der Waals surface area contributed by atoms with E-state index in [1.807, 2.05) is 0 Å². The number of piperazine rings is 1. The Hall–Kier alpha value is -2.60. The number of nitrogens with one attached hydrogen (secondary N) is 1. The van der Waals surface area contributed by atoms with Crippen molar-refractivity contribution in [2.75, 3.05) is 63.9 Å². The Labute approximate surface area is 190 Å². The fourth-order valence-electron chi connectivity index (χ4n) is 4.26. The number of morpholine rings is 1. The van der Waals surface area contributed by atoms with Crippen molar-refractivity contribution in [2.24, 2.45) is 5.92 Å². The topological polar surface area (TPSA) is 91.2 Å². The van der Waals surface area contributed by atoms with Crippen LogP contribution in [0.3, 0.4) is 0 Å². The van der Waals surface area contributed by atoms with Gasteiger partial charge in [0, 0.05) is 57.9 Å². The summed E-state index contributed by atoms with van der Waals surface area (Å²) in [7, 11) is 0. The van der Waals surface area contributed by atoms with E-state index in [0.717, 1.165) is 25.2 Å². The minimum Gasteiger partial charge on any atom is -0.379 e. The molecule has 0 saturated carbocycles. The summed E-state index contributed by atoms with van der Waals surface area (Å²) in [6.07, 6.45) is -4.66. The molecule has 0 spiro atoms. The molecule has 33 heavy (non-hydrogen) atoms. The van der Waals surface area contributed by atoms with Crippen LogP contribution in [-0.2, 0) is 10.9 Å². The SMILES string of the molecule is CC(C)C(CNC(=O)N1CCN(c2ccc(C(F)(F)F)cc2[N+](=O)[O-])CC1)N1CCOCC1. The number of nitro benzene ring substituents is 1. The fraction of sp³-hybridized carbons (Fsp3) is 0.667. The molecule has 0 bridgehead atoms. The lowest BCUT2D eigenvalue weighted by molar-refractivity contribution is -0.384. The minimum absolute atomic E-state index is 0.125. The summed E-state index contributed by atoms with van der Waals surface area (Å²) in [5.74, 6) is 0.348. The second-order valence-electron chi connectivity index (χ2n) is 8.58. The molecular formula is C21H30F3N5O4. The van der Waals surface area contributed by atoms with Crippen molar-refractivity contribution in [3.05, 3.63) is 33.9 Å². The number of hydrogen-bond acceptors (Lipinski definition) is 6. The highest BCUT2D eigenvalue weighted by Crippen LogP contribution is 2.36. The number of amides is 2. The number of halogens is 3. The van der Waals surface area contributed by atoms with Gasteiger partial charge in [0.25, 0.3) is 5.69 Å². The van der Waals surface area contributed by atoms with Gasteiger partial charge in [0.05, 0.1) is 23.7 Å². The Morgan fingerprint density at radius 1 is 1.15 bits per heavy atom. The number of carbonyl (C=O) groups is 1. The van der Waals surface area contributed by atoms with Crippen LogP contribution in [0.2, 0.25) is 0 Å². The van der Waals surface area contributed by atoms with Gasteiger partial charge in [0.15, 0.2) is 0 Å². The molecule has 1 aromatic carbocycles. The maximum Gasteiger partial charge on any atom is 0.416 e. The van der Waals surface area contributed by atoms with Gasteiger partial charge in [-0.3, -0.25) is 15.0 Å². The summed E-state index contributed by atoms with van der Waals surface area (Å²) in [4.78, 5) is 28.9. The van der Waals surface area contributed by atoms with Crippen LogP contribution in [0.4, 0.5) is 29.3 Å². The van der Waals surface area contributed by atoms with Gasteiger partial charge in [0.2, 0.25) is 0 Å². The zero-order valence-corrected chi connectivity index (χ0v) is 18.8. The Bertz CT molecular complexity index is 838. The van der Waals surface area contributed by atoms with E-state index >= 15 is 0 Å². The molecule has 1 N–H and O–H groups in total. The third-order valence-electron chi connectivity index (χ3n) is 6.15. The maximum atomic E-state index is 12.9. The highest BCUT2D eigenvalue weighted by atomic mass is 19.4. The molecule has 1 atom stereocenters. The molecule has 12 heteroatoms. The van der Waals surface area contributed by atoms with Crippen LogP contribution < -0.4 is 10.2 Å². The summed E-state index contributed by atoms with van der Waals surface area (Å²) in [5, 5.41) is 14.4. The van der Waals surface area contributed by atoms with Crippen molar-refractivity contribution >= 4 is 17.4 Å². The normalized spacial score (nSPS) is 19.0. The predicted molar refractivity (Wildman–Crippen MR) is 116 cm³/mol. The largest absolute Gasteiger partial charge is 0.416 e. The Kier molecular flexibility index (Phi) is 8.01. The van der Waals surface area contributed by atoms with Crippen LogP contribution in [0.15, 0.2) is 18.2 Å². The van der Waals surface area contributed by atoms with Gasteiger partial charge >= 0.3 is 12.2 Å². The average Bonchev–Trinajstić information content (AvgIpc) is 2.78. The lowest BCUT2D eigenvalue weighted by atomic mass is 10.0. The standard InChI is InChI=1S/C21H30F3N5O4/c1-15(2)19(27-9-11-33-12-10-27)14-25-20(30)28-7-5-26(6-8-28)17-4-3-16(21(22,23)24)13-18(17)29(31)32/h3-4,13,15,19H,5-12,14H2,1-2H3,(H,25,30). The van der Waals surface area contributed by atoms with Crippen molar-refractivity contribution in [2.45, 2.75) is 26.1 Å². The van der Waals surface area contributed by atoms with Gasteiger partial charge in [-0.15, -0.1) is 0 Å². The number of ether oxygens (including phenoxy) is 1. The number of carbonyl (C=O) groups excluding carboxylic acids is 1. The van der Waals surface area contributed by atoms with Crippen LogP contribution >= 0.6 is 0 Å². The molecule has 0 aromatic heterocycles. The second-order valence-corrected chi connectivity index (χ2v) is 8.58. The third-order valence-corrected chi connectivity index (χ3v) is 6.15. The molecule has 3 rings (SSSR count). The number of rotatable bonds is 6. The first kappa shape index (κ1) is 25.0. The van der Waals surface area contributed by atoms with Crippen molar-refractivity contribution in [3.63, 3.8) is 0 Å². The Balaban J connectivity index is 1.58. The van der Waals surface area contributed by atoms with E-state index < -0.39 is 22.4 Å². The number of urea groups is 1. The molecule has 9 nitrogen and oxygen atoms in total. The Morgan fingerprint density at radius 2 is 1.79 bits per heavy atom. The number of alkyl halides is 3. The molecule has 2 saturated heterocycles. The number of benzene rings is 1. The van der Waals surface area contributed by atoms with Gasteiger partial charge in [-0.1, -0.05) is 13.8 Å².